The first-order valence-corrected chi connectivity index (χ1v) is 7.74. The molecule has 1 amide bonds. The van der Waals surface area contributed by atoms with Crippen LogP contribution in [-0.2, 0) is 4.79 Å². The number of carbonyl (C=O) groups excluding carboxylic acids is 1. The van der Waals surface area contributed by atoms with E-state index in [1.807, 2.05) is 39.0 Å². The molecule has 0 bridgehead atoms. The number of aromatic nitrogens is 2. The number of hydrogen-bond acceptors (Lipinski definition) is 2. The van der Waals surface area contributed by atoms with Crippen LogP contribution >= 0.6 is 0 Å². The number of hydrogen-bond donors (Lipinski definition) is 1. The maximum absolute atomic E-state index is 13.0. The second-order valence-corrected chi connectivity index (χ2v) is 7.06. The third-order valence-electron chi connectivity index (χ3n) is 3.66. The molecule has 4 nitrogen and oxygen atoms in total. The van der Waals surface area contributed by atoms with Crippen molar-refractivity contribution in [1.82, 2.24) is 9.55 Å². The number of fused-ring (bicyclic) bond motifs is 1. The van der Waals surface area contributed by atoms with Crippen molar-refractivity contribution in [1.29, 1.82) is 0 Å². The number of rotatable bonds is 4. The molecule has 0 radical (unpaired) electrons. The van der Waals surface area contributed by atoms with E-state index in [0.717, 1.165) is 5.70 Å². The summed E-state index contributed by atoms with van der Waals surface area (Å²) in [5, 5.41) is 2.81. The number of benzene rings is 1. The number of halogens is 2. The van der Waals surface area contributed by atoms with Gasteiger partial charge in [-0.25, -0.2) is 13.8 Å². The summed E-state index contributed by atoms with van der Waals surface area (Å²) in [5.74, 6) is 0.193. The van der Waals surface area contributed by atoms with Crippen LogP contribution in [-0.4, -0.2) is 15.5 Å². The number of anilines is 1. The summed E-state index contributed by atoms with van der Waals surface area (Å²) in [7, 11) is 0. The molecule has 2 aromatic rings. The van der Waals surface area contributed by atoms with E-state index < -0.39 is 6.43 Å². The maximum Gasteiger partial charge on any atom is 0.263 e. The highest BCUT2D eigenvalue weighted by Gasteiger charge is 2.21. The van der Waals surface area contributed by atoms with Crippen molar-refractivity contribution in [2.45, 2.75) is 33.6 Å². The van der Waals surface area contributed by atoms with E-state index in [4.69, 9.17) is 0 Å². The first kappa shape index (κ1) is 16.4. The number of allylic oxidation sites excluding steroid dienone is 4. The maximum atomic E-state index is 13.0. The molecule has 1 N–H and O–H groups in total. The highest BCUT2D eigenvalue weighted by molar-refractivity contribution is 5.94. The van der Waals surface area contributed by atoms with Crippen molar-refractivity contribution in [3.8, 4) is 0 Å². The predicted octanol–water partition coefficient (Wildman–Crippen LogP) is 4.76. The molecule has 0 saturated heterocycles. The number of nitrogens with zero attached hydrogens (tertiary/aromatic N) is 2. The first-order chi connectivity index (χ1) is 11.2. The topological polar surface area (TPSA) is 46.9 Å². The molecule has 1 aliphatic rings. The summed E-state index contributed by atoms with van der Waals surface area (Å²) >= 11 is 0. The third-order valence-corrected chi connectivity index (χ3v) is 3.66. The van der Waals surface area contributed by atoms with Gasteiger partial charge in [0.25, 0.3) is 6.43 Å². The van der Waals surface area contributed by atoms with Crippen LogP contribution in [0, 0.1) is 5.41 Å². The molecule has 126 valence electrons. The van der Waals surface area contributed by atoms with Gasteiger partial charge in [0.1, 0.15) is 0 Å². The van der Waals surface area contributed by atoms with Gasteiger partial charge in [0.05, 0.1) is 11.0 Å². The minimum Gasteiger partial charge on any atom is -0.296 e. The van der Waals surface area contributed by atoms with Crippen LogP contribution in [0.3, 0.4) is 0 Å². The zero-order chi connectivity index (χ0) is 17.5. The molecule has 0 fully saturated rings. The van der Waals surface area contributed by atoms with E-state index in [-0.39, 0.29) is 16.9 Å². The standard InChI is InChI=1S/C18H19F2N3O/c1-18(2,3)10-15(24)22-17-21-13-8-7-11(16(19)20)9-14(13)23(17)12-5-4-6-12/h4-9,16H,10H2,1-3H3,(H,21,22,24). The second kappa shape index (κ2) is 5.85. The Hall–Kier alpha value is -2.50. The zero-order valence-corrected chi connectivity index (χ0v) is 13.8. The Labute approximate surface area is 138 Å². The van der Waals surface area contributed by atoms with E-state index >= 15 is 0 Å². The van der Waals surface area contributed by atoms with Gasteiger partial charge in [-0.05, 0) is 29.7 Å². The minimum atomic E-state index is -2.55. The van der Waals surface area contributed by atoms with Crippen LogP contribution in [0.15, 0.2) is 36.4 Å². The van der Waals surface area contributed by atoms with Crippen molar-refractivity contribution in [2.75, 3.05) is 5.32 Å². The fourth-order valence-electron chi connectivity index (χ4n) is 2.56. The molecule has 1 aromatic heterocycles. The van der Waals surface area contributed by atoms with E-state index in [0.29, 0.717) is 23.4 Å². The molecule has 3 rings (SSSR count). The lowest BCUT2D eigenvalue weighted by Crippen LogP contribution is -2.21. The summed E-state index contributed by atoms with van der Waals surface area (Å²) < 4.78 is 27.7. The van der Waals surface area contributed by atoms with E-state index in [2.05, 4.69) is 10.3 Å². The highest BCUT2D eigenvalue weighted by atomic mass is 19.3. The second-order valence-electron chi connectivity index (χ2n) is 7.06. The number of carbonyl (C=O) groups is 1. The molecule has 6 heteroatoms. The SMILES string of the molecule is CC(C)(C)CC(=O)Nc1nc2ccc(C(F)F)cc2n1C1=CC=C1. The van der Waals surface area contributed by atoms with Gasteiger partial charge in [-0.15, -0.1) is 0 Å². The molecule has 1 heterocycles. The lowest BCUT2D eigenvalue weighted by atomic mass is 9.92. The van der Waals surface area contributed by atoms with Crippen LogP contribution in [0.5, 0.6) is 0 Å². The first-order valence-electron chi connectivity index (χ1n) is 7.74. The van der Waals surface area contributed by atoms with Crippen molar-refractivity contribution >= 4 is 28.6 Å². The Bertz CT molecular complexity index is 857. The molecule has 0 unspecified atom stereocenters. The molecule has 1 aliphatic carbocycles. The summed E-state index contributed by atoms with van der Waals surface area (Å²) in [5.41, 5.74) is 1.69. The van der Waals surface area contributed by atoms with E-state index in [1.165, 1.54) is 12.1 Å². The highest BCUT2D eigenvalue weighted by Crippen LogP contribution is 2.31. The quantitative estimate of drug-likeness (QED) is 0.878. The van der Waals surface area contributed by atoms with E-state index in [9.17, 15) is 13.6 Å². The molecular formula is C18H19F2N3O. The Morgan fingerprint density at radius 1 is 1.33 bits per heavy atom. The Balaban J connectivity index is 2.02. The molecule has 0 aliphatic heterocycles. The predicted molar refractivity (Wildman–Crippen MR) is 90.8 cm³/mol. The van der Waals surface area contributed by atoms with Crippen LogP contribution in [0.1, 0.15) is 39.2 Å². The third kappa shape index (κ3) is 3.22. The Morgan fingerprint density at radius 2 is 2.04 bits per heavy atom. The fraction of sp³-hybridized carbons (Fsp3) is 0.333. The number of amides is 1. The lowest BCUT2D eigenvalue weighted by Gasteiger charge is -2.18. The summed E-state index contributed by atoms with van der Waals surface area (Å²) in [6, 6.07) is 4.32. The van der Waals surface area contributed by atoms with Crippen LogP contribution in [0.2, 0.25) is 0 Å². The zero-order valence-electron chi connectivity index (χ0n) is 13.8. The van der Waals surface area contributed by atoms with Gasteiger partial charge in [-0.3, -0.25) is 14.7 Å². The van der Waals surface area contributed by atoms with Gasteiger partial charge >= 0.3 is 0 Å². The van der Waals surface area contributed by atoms with E-state index in [1.54, 1.807) is 10.6 Å². The lowest BCUT2D eigenvalue weighted by molar-refractivity contribution is -0.117. The fourth-order valence-corrected chi connectivity index (χ4v) is 2.56. The van der Waals surface area contributed by atoms with Crippen LogP contribution in [0.25, 0.3) is 16.7 Å². The summed E-state index contributed by atoms with van der Waals surface area (Å²) in [6.07, 6.45) is 3.32. The number of nitrogens with one attached hydrogen (secondary N) is 1. The van der Waals surface area contributed by atoms with Gasteiger partial charge in [0, 0.05) is 17.7 Å². The number of imidazole rings is 1. The van der Waals surface area contributed by atoms with Gasteiger partial charge in [-0.1, -0.05) is 32.9 Å². The average Bonchev–Trinajstić information content (AvgIpc) is 2.72. The summed E-state index contributed by atoms with van der Waals surface area (Å²) in [4.78, 5) is 16.6. The smallest absolute Gasteiger partial charge is 0.263 e. The van der Waals surface area contributed by atoms with Crippen LogP contribution in [0.4, 0.5) is 14.7 Å². The molecule has 1 aromatic carbocycles. The van der Waals surface area contributed by atoms with Gasteiger partial charge in [0.2, 0.25) is 11.9 Å². The molecule has 0 saturated carbocycles. The van der Waals surface area contributed by atoms with Gasteiger partial charge < -0.3 is 0 Å². The molecule has 24 heavy (non-hydrogen) atoms. The average molecular weight is 331 g/mol. The normalized spacial score (nSPS) is 14.0. The number of alkyl halides is 2. The summed E-state index contributed by atoms with van der Waals surface area (Å²) in [6.45, 7) is 5.92. The largest absolute Gasteiger partial charge is 0.296 e. The molecular weight excluding hydrogens is 312 g/mol. The minimum absolute atomic E-state index is 0.0693. The molecule has 0 atom stereocenters. The van der Waals surface area contributed by atoms with Crippen molar-refractivity contribution in [3.63, 3.8) is 0 Å². The van der Waals surface area contributed by atoms with Gasteiger partial charge in [-0.2, -0.15) is 0 Å². The molecule has 0 spiro atoms. The van der Waals surface area contributed by atoms with Crippen molar-refractivity contribution in [3.05, 3.63) is 42.0 Å². The Kier molecular flexibility index (Phi) is 3.99. The van der Waals surface area contributed by atoms with Gasteiger partial charge in [0.15, 0.2) is 0 Å². The van der Waals surface area contributed by atoms with Crippen molar-refractivity contribution in [2.24, 2.45) is 5.41 Å². The monoisotopic (exact) mass is 331 g/mol. The Morgan fingerprint density at radius 3 is 2.58 bits per heavy atom. The van der Waals surface area contributed by atoms with Crippen molar-refractivity contribution < 1.29 is 13.6 Å². The van der Waals surface area contributed by atoms with Crippen LogP contribution < -0.4 is 5.32 Å².